The lowest BCUT2D eigenvalue weighted by molar-refractivity contribution is 0.401. The van der Waals surface area contributed by atoms with Crippen LogP contribution in [0.4, 0.5) is 5.95 Å². The molecule has 0 radical (unpaired) electrons. The van der Waals surface area contributed by atoms with Gasteiger partial charge in [0, 0.05) is 36.6 Å². The van der Waals surface area contributed by atoms with Gasteiger partial charge in [0.25, 0.3) is 0 Å². The van der Waals surface area contributed by atoms with E-state index in [0.29, 0.717) is 11.9 Å². The van der Waals surface area contributed by atoms with E-state index in [0.717, 1.165) is 36.6 Å². The van der Waals surface area contributed by atoms with Gasteiger partial charge in [-0.25, -0.2) is 4.98 Å². The van der Waals surface area contributed by atoms with Gasteiger partial charge in [0.2, 0.25) is 11.8 Å². The van der Waals surface area contributed by atoms with Gasteiger partial charge in [-0.2, -0.15) is 4.37 Å². The zero-order valence-corrected chi connectivity index (χ0v) is 14.5. The Hall–Kier alpha value is -2.12. The first-order chi connectivity index (χ1) is 11.8. The first-order valence-electron chi connectivity index (χ1n) is 8.24. The number of hydrogen-bond acceptors (Lipinski definition) is 6. The standard InChI is InChI=1S/C17H21N5OS/c1-23-16-9-13(24-21-16)10-18-12-5-4-8-22(11-12)17-19-14-6-2-3-7-15(14)20-17/h2-3,6-7,9,12,18H,4-5,8,10-11H2,1H3,(H,19,20). The van der Waals surface area contributed by atoms with Crippen LogP contribution in [0, 0.1) is 0 Å². The smallest absolute Gasteiger partial charge is 0.225 e. The van der Waals surface area contributed by atoms with Crippen LogP contribution < -0.4 is 15.0 Å². The third kappa shape index (κ3) is 3.22. The summed E-state index contributed by atoms with van der Waals surface area (Å²) in [7, 11) is 1.65. The molecule has 2 N–H and O–H groups in total. The number of para-hydroxylation sites is 2. The Bertz CT molecular complexity index is 781. The molecular weight excluding hydrogens is 322 g/mol. The summed E-state index contributed by atoms with van der Waals surface area (Å²) in [6.07, 6.45) is 2.35. The molecule has 0 aliphatic carbocycles. The van der Waals surface area contributed by atoms with Crippen LogP contribution in [0.3, 0.4) is 0 Å². The summed E-state index contributed by atoms with van der Waals surface area (Å²) in [6.45, 7) is 2.85. The number of ether oxygens (including phenoxy) is 1. The number of hydrogen-bond donors (Lipinski definition) is 2. The van der Waals surface area contributed by atoms with Crippen molar-refractivity contribution in [3.8, 4) is 5.88 Å². The molecule has 1 unspecified atom stereocenters. The number of nitrogens with one attached hydrogen (secondary N) is 2. The lowest BCUT2D eigenvalue weighted by atomic mass is 10.1. The largest absolute Gasteiger partial charge is 0.480 e. The van der Waals surface area contributed by atoms with E-state index in [9.17, 15) is 0 Å². The van der Waals surface area contributed by atoms with E-state index in [1.807, 2.05) is 24.3 Å². The summed E-state index contributed by atoms with van der Waals surface area (Å²) < 4.78 is 9.38. The molecule has 3 heterocycles. The highest BCUT2D eigenvalue weighted by Crippen LogP contribution is 2.21. The van der Waals surface area contributed by atoms with Gasteiger partial charge >= 0.3 is 0 Å². The Balaban J connectivity index is 1.39. The van der Waals surface area contributed by atoms with E-state index in [1.165, 1.54) is 29.3 Å². The van der Waals surface area contributed by atoms with Crippen molar-refractivity contribution in [3.05, 3.63) is 35.2 Å². The van der Waals surface area contributed by atoms with Gasteiger partial charge in [-0.1, -0.05) is 12.1 Å². The van der Waals surface area contributed by atoms with Crippen molar-refractivity contribution in [3.63, 3.8) is 0 Å². The van der Waals surface area contributed by atoms with Crippen LogP contribution in [0.2, 0.25) is 0 Å². The molecular formula is C17H21N5OS. The number of anilines is 1. The zero-order chi connectivity index (χ0) is 16.4. The number of rotatable bonds is 5. The summed E-state index contributed by atoms with van der Waals surface area (Å²) in [6, 6.07) is 10.6. The summed E-state index contributed by atoms with van der Waals surface area (Å²) in [5.41, 5.74) is 2.12. The summed E-state index contributed by atoms with van der Waals surface area (Å²) in [5.74, 6) is 1.67. The van der Waals surface area contributed by atoms with Crippen molar-refractivity contribution < 1.29 is 4.74 Å². The molecule has 1 aliphatic heterocycles. The number of benzene rings is 1. The number of aromatic amines is 1. The van der Waals surface area contributed by atoms with Crippen LogP contribution in [-0.4, -0.2) is 40.6 Å². The highest BCUT2D eigenvalue weighted by molar-refractivity contribution is 7.05. The third-order valence-corrected chi connectivity index (χ3v) is 5.18. The second-order valence-electron chi connectivity index (χ2n) is 6.08. The van der Waals surface area contributed by atoms with Crippen molar-refractivity contribution in [2.75, 3.05) is 25.1 Å². The van der Waals surface area contributed by atoms with Gasteiger partial charge in [0.15, 0.2) is 0 Å². The monoisotopic (exact) mass is 343 g/mol. The molecule has 7 heteroatoms. The van der Waals surface area contributed by atoms with E-state index < -0.39 is 0 Å². The van der Waals surface area contributed by atoms with Crippen molar-refractivity contribution in [1.82, 2.24) is 19.7 Å². The second kappa shape index (κ2) is 6.78. The first kappa shape index (κ1) is 15.4. The fraction of sp³-hybridized carbons (Fsp3) is 0.412. The maximum atomic E-state index is 5.14. The second-order valence-corrected chi connectivity index (χ2v) is 6.97. The quantitative estimate of drug-likeness (QED) is 0.746. The van der Waals surface area contributed by atoms with Gasteiger partial charge in [0.05, 0.1) is 18.1 Å². The molecule has 0 spiro atoms. The van der Waals surface area contributed by atoms with Crippen molar-refractivity contribution >= 4 is 28.5 Å². The van der Waals surface area contributed by atoms with Crippen LogP contribution >= 0.6 is 11.5 Å². The number of piperidine rings is 1. The molecule has 4 rings (SSSR count). The van der Waals surface area contributed by atoms with Gasteiger partial charge in [-0.05, 0) is 36.5 Å². The molecule has 1 saturated heterocycles. The first-order valence-corrected chi connectivity index (χ1v) is 9.02. The Morgan fingerprint density at radius 3 is 3.17 bits per heavy atom. The van der Waals surface area contributed by atoms with Crippen molar-refractivity contribution in [2.24, 2.45) is 0 Å². The molecule has 0 amide bonds. The minimum atomic E-state index is 0.458. The number of imidazole rings is 1. The molecule has 0 saturated carbocycles. The lowest BCUT2D eigenvalue weighted by Crippen LogP contribution is -2.45. The summed E-state index contributed by atoms with van der Waals surface area (Å²) >= 11 is 1.49. The van der Waals surface area contributed by atoms with E-state index in [4.69, 9.17) is 9.72 Å². The Kier molecular flexibility index (Phi) is 4.36. The van der Waals surface area contributed by atoms with Gasteiger partial charge in [-0.15, -0.1) is 0 Å². The van der Waals surface area contributed by atoms with E-state index in [2.05, 4.69) is 25.6 Å². The molecule has 0 bridgehead atoms. The van der Waals surface area contributed by atoms with E-state index >= 15 is 0 Å². The molecule has 2 aromatic heterocycles. The predicted octanol–water partition coefficient (Wildman–Crippen LogP) is 2.79. The minimum absolute atomic E-state index is 0.458. The van der Waals surface area contributed by atoms with E-state index in [-0.39, 0.29) is 0 Å². The molecule has 1 fully saturated rings. The normalized spacial score (nSPS) is 18.2. The van der Waals surface area contributed by atoms with Crippen LogP contribution in [0.1, 0.15) is 17.7 Å². The number of fused-ring (bicyclic) bond motifs is 1. The van der Waals surface area contributed by atoms with Crippen LogP contribution in [0.5, 0.6) is 5.88 Å². The number of H-pyrrole nitrogens is 1. The molecule has 1 atom stereocenters. The molecule has 126 valence electrons. The maximum Gasteiger partial charge on any atom is 0.225 e. The average molecular weight is 343 g/mol. The Labute approximate surface area is 145 Å². The molecule has 6 nitrogen and oxygen atoms in total. The van der Waals surface area contributed by atoms with Crippen LogP contribution in [0.25, 0.3) is 11.0 Å². The molecule has 1 aromatic carbocycles. The number of methoxy groups -OCH3 is 1. The predicted molar refractivity (Wildman–Crippen MR) is 96.8 cm³/mol. The average Bonchev–Trinajstić information content (AvgIpc) is 3.26. The number of nitrogens with zero attached hydrogens (tertiary/aromatic N) is 3. The lowest BCUT2D eigenvalue weighted by Gasteiger charge is -2.33. The Morgan fingerprint density at radius 2 is 2.33 bits per heavy atom. The molecule has 1 aliphatic rings. The molecule has 3 aromatic rings. The topological polar surface area (TPSA) is 66.1 Å². The Morgan fingerprint density at radius 1 is 1.42 bits per heavy atom. The van der Waals surface area contributed by atoms with Gasteiger partial charge in [0.1, 0.15) is 0 Å². The fourth-order valence-corrected chi connectivity index (χ4v) is 3.78. The maximum absolute atomic E-state index is 5.14. The highest BCUT2D eigenvalue weighted by Gasteiger charge is 2.22. The van der Waals surface area contributed by atoms with E-state index in [1.54, 1.807) is 7.11 Å². The number of aromatic nitrogens is 3. The van der Waals surface area contributed by atoms with Gasteiger partial charge < -0.3 is 19.9 Å². The van der Waals surface area contributed by atoms with Crippen LogP contribution in [-0.2, 0) is 6.54 Å². The minimum Gasteiger partial charge on any atom is -0.480 e. The van der Waals surface area contributed by atoms with Crippen molar-refractivity contribution in [1.29, 1.82) is 0 Å². The van der Waals surface area contributed by atoms with Crippen molar-refractivity contribution in [2.45, 2.75) is 25.4 Å². The van der Waals surface area contributed by atoms with Crippen LogP contribution in [0.15, 0.2) is 30.3 Å². The fourth-order valence-electron chi connectivity index (χ4n) is 3.14. The summed E-state index contributed by atoms with van der Waals surface area (Å²) in [4.78, 5) is 11.7. The zero-order valence-electron chi connectivity index (χ0n) is 13.7. The highest BCUT2D eigenvalue weighted by atomic mass is 32.1. The van der Waals surface area contributed by atoms with Gasteiger partial charge in [-0.3, -0.25) is 0 Å². The summed E-state index contributed by atoms with van der Waals surface area (Å²) in [5, 5.41) is 3.64. The SMILES string of the molecule is COc1cc(CNC2CCCN(c3nc4ccccc4[nH]3)C2)sn1. The molecule has 24 heavy (non-hydrogen) atoms. The third-order valence-electron chi connectivity index (χ3n) is 4.41.